The van der Waals surface area contributed by atoms with E-state index in [4.69, 9.17) is 11.6 Å². The van der Waals surface area contributed by atoms with Crippen molar-refractivity contribution in [3.8, 4) is 0 Å². The second-order valence-corrected chi connectivity index (χ2v) is 12.1. The monoisotopic (exact) mass is 609 g/mol. The van der Waals surface area contributed by atoms with Crippen LogP contribution in [0.4, 0.5) is 18.9 Å². The lowest BCUT2D eigenvalue weighted by molar-refractivity contribution is -0.139. The number of aryl methyl sites for hydroxylation is 1. The Balaban J connectivity index is 2.10. The first-order valence-corrected chi connectivity index (χ1v) is 14.5. The van der Waals surface area contributed by atoms with E-state index >= 15 is 0 Å². The van der Waals surface area contributed by atoms with Crippen LogP contribution in [0.5, 0.6) is 0 Å². The predicted octanol–water partition coefficient (Wildman–Crippen LogP) is 5.80. The molecular weight excluding hydrogens is 579 g/mol. The van der Waals surface area contributed by atoms with Gasteiger partial charge in [0.2, 0.25) is 11.8 Å². The lowest BCUT2D eigenvalue weighted by Crippen LogP contribution is -2.52. The molecule has 0 heterocycles. The molecule has 220 valence electrons. The van der Waals surface area contributed by atoms with Gasteiger partial charge in [0.05, 0.1) is 21.2 Å². The molecule has 0 saturated heterocycles. The molecule has 0 aliphatic rings. The third kappa shape index (κ3) is 8.01. The molecule has 0 unspecified atom stereocenters. The van der Waals surface area contributed by atoms with Crippen LogP contribution in [-0.2, 0) is 32.3 Å². The van der Waals surface area contributed by atoms with E-state index in [0.29, 0.717) is 15.9 Å². The second-order valence-electron chi connectivity index (χ2n) is 9.83. The summed E-state index contributed by atoms with van der Waals surface area (Å²) >= 11 is 5.78. The number of carbonyl (C=O) groups excluding carboxylic acids is 2. The van der Waals surface area contributed by atoms with Crippen LogP contribution in [0.3, 0.4) is 0 Å². The fraction of sp³-hybridized carbons (Fsp3) is 0.310. The van der Waals surface area contributed by atoms with E-state index in [1.54, 1.807) is 32.0 Å². The molecule has 0 fully saturated rings. The molecule has 12 heteroatoms. The van der Waals surface area contributed by atoms with Gasteiger partial charge in [0, 0.05) is 12.6 Å². The maximum absolute atomic E-state index is 13.8. The van der Waals surface area contributed by atoms with E-state index in [1.165, 1.54) is 36.1 Å². The molecule has 7 nitrogen and oxygen atoms in total. The van der Waals surface area contributed by atoms with Crippen molar-refractivity contribution in [2.24, 2.45) is 0 Å². The standard InChI is InChI=1S/C29H31ClF3N3O4S/c1-19(2)34-28(38)21(4)35(17-22-12-10-20(3)11-13-22)27(37)18-36(41(39,40)24-8-6-5-7-9-24)23-14-15-26(30)25(16-23)29(31,32)33/h5-16,19,21H,17-18H2,1-4H3,(H,34,38)/t21-/m0/s1. The summed E-state index contributed by atoms with van der Waals surface area (Å²) in [4.78, 5) is 27.8. The molecule has 0 bridgehead atoms. The van der Waals surface area contributed by atoms with Gasteiger partial charge >= 0.3 is 6.18 Å². The van der Waals surface area contributed by atoms with Crippen molar-refractivity contribution in [2.75, 3.05) is 10.8 Å². The van der Waals surface area contributed by atoms with Crippen molar-refractivity contribution >= 4 is 39.1 Å². The topological polar surface area (TPSA) is 86.8 Å². The zero-order valence-corrected chi connectivity index (χ0v) is 24.5. The SMILES string of the molecule is Cc1ccc(CN(C(=O)CN(c2ccc(Cl)c(C(F)(F)F)c2)S(=O)(=O)c2ccccc2)[C@@H](C)C(=O)NC(C)C)cc1. The van der Waals surface area contributed by atoms with Gasteiger partial charge < -0.3 is 10.2 Å². The average molecular weight is 610 g/mol. The molecule has 1 atom stereocenters. The minimum absolute atomic E-state index is 0.0422. The number of sulfonamides is 1. The Labute approximate surface area is 243 Å². The van der Waals surface area contributed by atoms with Crippen molar-refractivity contribution < 1.29 is 31.2 Å². The number of halogens is 4. The van der Waals surface area contributed by atoms with Crippen molar-refractivity contribution in [3.05, 3.63) is 94.5 Å². The maximum atomic E-state index is 13.8. The summed E-state index contributed by atoms with van der Waals surface area (Å²) in [6.45, 7) is 5.98. The number of amides is 2. The van der Waals surface area contributed by atoms with Gasteiger partial charge in [-0.2, -0.15) is 13.2 Å². The summed E-state index contributed by atoms with van der Waals surface area (Å²) in [5.74, 6) is -1.26. The number of nitrogens with zero attached hydrogens (tertiary/aromatic N) is 2. The maximum Gasteiger partial charge on any atom is 0.417 e. The lowest BCUT2D eigenvalue weighted by atomic mass is 10.1. The number of anilines is 1. The smallest absolute Gasteiger partial charge is 0.352 e. The number of hydrogen-bond acceptors (Lipinski definition) is 4. The molecule has 0 spiro atoms. The number of nitrogens with one attached hydrogen (secondary N) is 1. The molecule has 0 radical (unpaired) electrons. The van der Waals surface area contributed by atoms with Gasteiger partial charge in [-0.05, 0) is 63.6 Å². The summed E-state index contributed by atoms with van der Waals surface area (Å²) in [5.41, 5.74) is -0.0101. The highest BCUT2D eigenvalue weighted by atomic mass is 35.5. The van der Waals surface area contributed by atoms with Gasteiger partial charge in [-0.25, -0.2) is 8.42 Å². The van der Waals surface area contributed by atoms with Gasteiger partial charge in [0.1, 0.15) is 12.6 Å². The Morgan fingerprint density at radius 3 is 2.12 bits per heavy atom. The first-order valence-electron chi connectivity index (χ1n) is 12.7. The van der Waals surface area contributed by atoms with Crippen molar-refractivity contribution in [1.82, 2.24) is 10.2 Å². The summed E-state index contributed by atoms with van der Waals surface area (Å²) in [6.07, 6.45) is -4.87. The average Bonchev–Trinajstić information content (AvgIpc) is 2.90. The number of alkyl halides is 3. The molecule has 3 aromatic carbocycles. The minimum Gasteiger partial charge on any atom is -0.352 e. The second kappa shape index (κ2) is 12.9. The van der Waals surface area contributed by atoms with Crippen molar-refractivity contribution in [3.63, 3.8) is 0 Å². The van der Waals surface area contributed by atoms with Crippen molar-refractivity contribution in [1.29, 1.82) is 0 Å². The highest BCUT2D eigenvalue weighted by Crippen LogP contribution is 2.38. The van der Waals surface area contributed by atoms with Gasteiger partial charge in [-0.3, -0.25) is 13.9 Å². The van der Waals surface area contributed by atoms with E-state index in [-0.39, 0.29) is 17.5 Å². The quantitative estimate of drug-likeness (QED) is 0.315. The van der Waals surface area contributed by atoms with E-state index in [1.807, 2.05) is 19.1 Å². The third-order valence-electron chi connectivity index (χ3n) is 6.23. The summed E-state index contributed by atoms with van der Waals surface area (Å²) < 4.78 is 69.2. The summed E-state index contributed by atoms with van der Waals surface area (Å²) in [6, 6.07) is 15.6. The molecular formula is C29H31ClF3N3O4S. The van der Waals surface area contributed by atoms with Crippen LogP contribution in [0.2, 0.25) is 5.02 Å². The number of rotatable bonds is 10. The predicted molar refractivity (Wildman–Crippen MR) is 152 cm³/mol. The zero-order valence-electron chi connectivity index (χ0n) is 22.9. The Bertz CT molecular complexity index is 1480. The van der Waals surface area contributed by atoms with E-state index in [9.17, 15) is 31.2 Å². The fourth-order valence-electron chi connectivity index (χ4n) is 4.01. The van der Waals surface area contributed by atoms with Gasteiger partial charge in [0.25, 0.3) is 10.0 Å². The molecule has 1 N–H and O–H groups in total. The molecule has 0 saturated carbocycles. The minimum atomic E-state index is -4.87. The zero-order chi connectivity index (χ0) is 30.5. The van der Waals surface area contributed by atoms with E-state index < -0.39 is 56.9 Å². The van der Waals surface area contributed by atoms with Crippen LogP contribution in [0.15, 0.2) is 77.7 Å². The number of hydrogen-bond donors (Lipinski definition) is 1. The van der Waals surface area contributed by atoms with Crippen LogP contribution in [0.25, 0.3) is 0 Å². The van der Waals surface area contributed by atoms with Gasteiger partial charge in [-0.1, -0.05) is 59.6 Å². The highest BCUT2D eigenvalue weighted by Gasteiger charge is 2.37. The van der Waals surface area contributed by atoms with Crippen LogP contribution < -0.4 is 9.62 Å². The van der Waals surface area contributed by atoms with Crippen LogP contribution >= 0.6 is 11.6 Å². The van der Waals surface area contributed by atoms with Crippen LogP contribution in [0, 0.1) is 6.92 Å². The molecule has 0 aliphatic carbocycles. The Hall–Kier alpha value is -3.57. The normalized spacial score (nSPS) is 12.6. The number of benzene rings is 3. The highest BCUT2D eigenvalue weighted by molar-refractivity contribution is 7.92. The molecule has 2 amide bonds. The first-order chi connectivity index (χ1) is 19.1. The Kier molecular flexibility index (Phi) is 10.1. The van der Waals surface area contributed by atoms with Gasteiger partial charge in [-0.15, -0.1) is 0 Å². The van der Waals surface area contributed by atoms with Crippen molar-refractivity contribution in [2.45, 2.75) is 57.4 Å². The summed E-state index contributed by atoms with van der Waals surface area (Å²) in [5, 5.41) is 2.12. The molecule has 3 aromatic rings. The third-order valence-corrected chi connectivity index (χ3v) is 8.34. The lowest BCUT2D eigenvalue weighted by Gasteiger charge is -2.32. The van der Waals surface area contributed by atoms with E-state index in [2.05, 4.69) is 5.32 Å². The molecule has 3 rings (SSSR count). The van der Waals surface area contributed by atoms with Gasteiger partial charge in [0.15, 0.2) is 0 Å². The molecule has 0 aromatic heterocycles. The molecule has 0 aliphatic heterocycles. The van der Waals surface area contributed by atoms with Crippen LogP contribution in [-0.4, -0.2) is 43.8 Å². The van der Waals surface area contributed by atoms with Crippen LogP contribution in [0.1, 0.15) is 37.5 Å². The fourth-order valence-corrected chi connectivity index (χ4v) is 5.66. The molecule has 41 heavy (non-hydrogen) atoms. The largest absolute Gasteiger partial charge is 0.417 e. The first kappa shape index (κ1) is 32.0. The Morgan fingerprint density at radius 2 is 1.56 bits per heavy atom. The Morgan fingerprint density at radius 1 is 0.951 bits per heavy atom. The van der Waals surface area contributed by atoms with E-state index in [0.717, 1.165) is 17.7 Å². The number of carbonyl (C=O) groups is 2. The summed E-state index contributed by atoms with van der Waals surface area (Å²) in [7, 11) is -4.53.